The van der Waals surface area contributed by atoms with Gasteiger partial charge in [0.05, 0.1) is 6.54 Å². The molecule has 0 saturated heterocycles. The molecule has 0 atom stereocenters. The molecule has 0 aliphatic heterocycles. The van der Waals surface area contributed by atoms with Gasteiger partial charge in [-0.1, -0.05) is 27.2 Å². The summed E-state index contributed by atoms with van der Waals surface area (Å²) in [6.45, 7) is 13.5. The highest BCUT2D eigenvalue weighted by Crippen LogP contribution is 2.21. The summed E-state index contributed by atoms with van der Waals surface area (Å²) in [4.78, 5) is 10.2. The average Bonchev–Trinajstić information content (AvgIpc) is 2.80. The minimum Gasteiger partial charge on any atom is -0.357 e. The summed E-state index contributed by atoms with van der Waals surface area (Å²) in [5, 5.41) is 7.75. The van der Waals surface area contributed by atoms with Crippen molar-refractivity contribution in [2.75, 3.05) is 13.1 Å². The largest absolute Gasteiger partial charge is 0.357 e. The van der Waals surface area contributed by atoms with Crippen molar-refractivity contribution in [1.29, 1.82) is 0 Å². The summed E-state index contributed by atoms with van der Waals surface area (Å²) < 4.78 is 0. The molecule has 0 aliphatic carbocycles. The molecule has 1 rings (SSSR count). The zero-order valence-corrected chi connectivity index (χ0v) is 17.7. The van der Waals surface area contributed by atoms with Crippen molar-refractivity contribution in [3.05, 3.63) is 16.1 Å². The van der Waals surface area contributed by atoms with Crippen LogP contribution in [-0.2, 0) is 6.54 Å². The molecule has 0 radical (unpaired) electrons. The molecule has 0 amide bonds. The van der Waals surface area contributed by atoms with Crippen LogP contribution >= 0.6 is 35.3 Å². The second kappa shape index (κ2) is 11.2. The fraction of sp³-hybridized carbons (Fsp3) is 0.750. The zero-order chi connectivity index (χ0) is 15.7. The van der Waals surface area contributed by atoms with Gasteiger partial charge in [0, 0.05) is 24.2 Å². The van der Waals surface area contributed by atoms with E-state index in [1.54, 1.807) is 11.3 Å². The maximum atomic E-state index is 4.59. The number of rotatable bonds is 7. The molecule has 128 valence electrons. The summed E-state index contributed by atoms with van der Waals surface area (Å²) in [6.07, 6.45) is 5.60. The summed E-state index contributed by atoms with van der Waals surface area (Å²) in [7, 11) is 0. The second-order valence-corrected chi connectivity index (χ2v) is 7.82. The number of thiazole rings is 1. The highest BCUT2D eigenvalue weighted by Gasteiger charge is 2.08. The van der Waals surface area contributed by atoms with Crippen LogP contribution in [0.2, 0.25) is 0 Å². The fourth-order valence-electron chi connectivity index (χ4n) is 1.95. The minimum absolute atomic E-state index is 0. The molecule has 1 aromatic rings. The molecule has 0 aromatic carbocycles. The topological polar surface area (TPSA) is 49.3 Å². The Morgan fingerprint density at radius 2 is 2.00 bits per heavy atom. The lowest BCUT2D eigenvalue weighted by Gasteiger charge is -2.18. The van der Waals surface area contributed by atoms with Crippen molar-refractivity contribution < 1.29 is 0 Å². The van der Waals surface area contributed by atoms with Gasteiger partial charge in [-0.25, -0.2) is 9.98 Å². The molecule has 0 unspecified atom stereocenters. The molecule has 22 heavy (non-hydrogen) atoms. The lowest BCUT2D eigenvalue weighted by molar-refractivity contribution is 0.360. The van der Waals surface area contributed by atoms with Gasteiger partial charge in [-0.3, -0.25) is 0 Å². The number of hydrogen-bond acceptors (Lipinski definition) is 3. The van der Waals surface area contributed by atoms with Crippen molar-refractivity contribution in [2.45, 2.75) is 60.4 Å². The van der Waals surface area contributed by atoms with E-state index in [0.29, 0.717) is 12.0 Å². The van der Waals surface area contributed by atoms with E-state index in [9.17, 15) is 0 Å². The van der Waals surface area contributed by atoms with Gasteiger partial charge >= 0.3 is 0 Å². The molecule has 2 N–H and O–H groups in total. The zero-order valence-electron chi connectivity index (χ0n) is 14.5. The van der Waals surface area contributed by atoms with Gasteiger partial charge in [0.1, 0.15) is 5.01 Å². The van der Waals surface area contributed by atoms with E-state index in [1.165, 1.54) is 24.1 Å². The summed E-state index contributed by atoms with van der Waals surface area (Å²) in [6, 6.07) is 0. The Bertz CT molecular complexity index is 438. The highest BCUT2D eigenvalue weighted by atomic mass is 127. The van der Waals surface area contributed by atoms with E-state index < -0.39 is 0 Å². The number of nitrogens with zero attached hydrogens (tertiary/aromatic N) is 2. The molecule has 0 aliphatic rings. The van der Waals surface area contributed by atoms with Crippen LogP contribution in [0.25, 0.3) is 0 Å². The molecule has 1 aromatic heterocycles. The maximum Gasteiger partial charge on any atom is 0.191 e. The van der Waals surface area contributed by atoms with Crippen LogP contribution in [0.15, 0.2) is 11.2 Å². The number of hydrogen-bond donors (Lipinski definition) is 2. The normalized spacial score (nSPS) is 12.0. The number of guanidine groups is 1. The van der Waals surface area contributed by atoms with Crippen molar-refractivity contribution in [3.63, 3.8) is 0 Å². The Morgan fingerprint density at radius 1 is 1.27 bits per heavy atom. The van der Waals surface area contributed by atoms with E-state index in [0.717, 1.165) is 24.1 Å². The van der Waals surface area contributed by atoms with Gasteiger partial charge in [0.2, 0.25) is 0 Å². The molecular formula is C16H31IN4S. The highest BCUT2D eigenvalue weighted by molar-refractivity contribution is 14.0. The first-order valence-electron chi connectivity index (χ1n) is 7.84. The summed E-state index contributed by atoms with van der Waals surface area (Å²) in [5.41, 5.74) is 0.432. The van der Waals surface area contributed by atoms with Gasteiger partial charge in [-0.2, -0.15) is 0 Å². The maximum absolute atomic E-state index is 4.59. The van der Waals surface area contributed by atoms with Crippen LogP contribution in [-0.4, -0.2) is 24.0 Å². The predicted octanol–water partition coefficient (Wildman–Crippen LogP) is 4.34. The third-order valence-corrected chi connectivity index (χ3v) is 3.93. The first-order chi connectivity index (χ1) is 9.90. The van der Waals surface area contributed by atoms with Crippen molar-refractivity contribution >= 4 is 41.3 Å². The number of nitrogens with one attached hydrogen (secondary N) is 2. The monoisotopic (exact) mass is 438 g/mol. The Labute approximate surface area is 156 Å². The standard InChI is InChI=1S/C16H30N4S.HI/c1-6-17-15(18-10-8-7-9-16(3,4)5)20-12-14-19-11-13(2)21-14;/h11H,6-10,12H2,1-5H3,(H2,17,18,20);1H. The third-order valence-electron chi connectivity index (χ3n) is 3.03. The lowest BCUT2D eigenvalue weighted by Crippen LogP contribution is -2.37. The first-order valence-corrected chi connectivity index (χ1v) is 8.66. The quantitative estimate of drug-likeness (QED) is 0.288. The number of unbranched alkanes of at least 4 members (excludes halogenated alkanes) is 1. The van der Waals surface area contributed by atoms with Crippen LogP contribution in [0.3, 0.4) is 0 Å². The number of halogens is 1. The summed E-state index contributed by atoms with van der Waals surface area (Å²) >= 11 is 1.71. The molecule has 0 bridgehead atoms. The van der Waals surface area contributed by atoms with Crippen LogP contribution in [0, 0.1) is 12.3 Å². The molecular weight excluding hydrogens is 407 g/mol. The van der Waals surface area contributed by atoms with Gasteiger partial charge < -0.3 is 10.6 Å². The van der Waals surface area contributed by atoms with E-state index >= 15 is 0 Å². The van der Waals surface area contributed by atoms with Crippen LogP contribution in [0.5, 0.6) is 0 Å². The molecule has 0 saturated carbocycles. The second-order valence-electron chi connectivity index (χ2n) is 6.50. The molecule has 0 spiro atoms. The lowest BCUT2D eigenvalue weighted by atomic mass is 9.90. The van der Waals surface area contributed by atoms with Crippen LogP contribution < -0.4 is 10.6 Å². The van der Waals surface area contributed by atoms with Crippen molar-refractivity contribution in [2.24, 2.45) is 10.4 Å². The third kappa shape index (κ3) is 10.4. The molecule has 4 nitrogen and oxygen atoms in total. The summed E-state index contributed by atoms with van der Waals surface area (Å²) in [5.74, 6) is 0.890. The van der Waals surface area contributed by atoms with Gasteiger partial charge in [0.25, 0.3) is 0 Å². The molecule has 6 heteroatoms. The van der Waals surface area contributed by atoms with Crippen LogP contribution in [0.4, 0.5) is 0 Å². The van der Waals surface area contributed by atoms with E-state index in [4.69, 9.17) is 0 Å². The molecule has 0 fully saturated rings. The smallest absolute Gasteiger partial charge is 0.191 e. The first kappa shape index (κ1) is 21.6. The van der Waals surface area contributed by atoms with E-state index in [1.807, 2.05) is 6.20 Å². The fourth-order valence-corrected chi connectivity index (χ4v) is 2.66. The predicted molar refractivity (Wildman–Crippen MR) is 108 cm³/mol. The van der Waals surface area contributed by atoms with Gasteiger partial charge in [-0.05, 0) is 32.1 Å². The Hall–Kier alpha value is -0.370. The number of aromatic nitrogens is 1. The number of aliphatic imine (C=N–C) groups is 1. The average molecular weight is 438 g/mol. The van der Waals surface area contributed by atoms with Crippen molar-refractivity contribution in [1.82, 2.24) is 15.6 Å². The molecule has 1 heterocycles. The SMILES string of the molecule is CCNC(=NCc1ncc(C)s1)NCCCCC(C)(C)C.I. The Balaban J connectivity index is 0.00000441. The van der Waals surface area contributed by atoms with Gasteiger partial charge in [0.15, 0.2) is 5.96 Å². The van der Waals surface area contributed by atoms with E-state index in [2.05, 4.69) is 55.2 Å². The van der Waals surface area contributed by atoms with Gasteiger partial charge in [-0.15, -0.1) is 35.3 Å². The van der Waals surface area contributed by atoms with E-state index in [-0.39, 0.29) is 24.0 Å². The Kier molecular flexibility index (Phi) is 11.0. The van der Waals surface area contributed by atoms with Crippen molar-refractivity contribution in [3.8, 4) is 0 Å². The van der Waals surface area contributed by atoms with Crippen LogP contribution in [0.1, 0.15) is 56.8 Å². The minimum atomic E-state index is 0. The Morgan fingerprint density at radius 3 is 2.55 bits per heavy atom. The number of aryl methyl sites for hydroxylation is 1.